The molecule has 0 N–H and O–H groups in total. The van der Waals surface area contributed by atoms with Crippen LogP contribution in [-0.4, -0.2) is 23.0 Å². The fraction of sp³-hybridized carbons (Fsp3) is 0.333. The minimum Gasteiger partial charge on any atom is -0.299 e. The molecule has 0 spiro atoms. The predicted octanol–water partition coefficient (Wildman–Crippen LogP) is 3.52. The predicted molar refractivity (Wildman–Crippen MR) is 85.8 cm³/mol. The normalized spacial score (nSPS) is 14.7. The van der Waals surface area contributed by atoms with Crippen LogP contribution in [0.1, 0.15) is 36.2 Å². The lowest BCUT2D eigenvalue weighted by molar-refractivity contribution is 0.266. The molecule has 0 unspecified atom stereocenters. The summed E-state index contributed by atoms with van der Waals surface area (Å²) in [6.45, 7) is 11.4. The van der Waals surface area contributed by atoms with Crippen LogP contribution in [0, 0.1) is 11.3 Å². The highest BCUT2D eigenvalue weighted by molar-refractivity contribution is 5.93. The second-order valence-electron chi connectivity index (χ2n) is 5.65. The van der Waals surface area contributed by atoms with Crippen molar-refractivity contribution in [3.63, 3.8) is 0 Å². The number of pyridine rings is 1. The topological polar surface area (TPSA) is 39.9 Å². The first-order valence-electron chi connectivity index (χ1n) is 7.38. The van der Waals surface area contributed by atoms with Gasteiger partial charge in [0.15, 0.2) is 0 Å². The molecule has 0 fully saturated rings. The summed E-state index contributed by atoms with van der Waals surface area (Å²) >= 11 is 0. The zero-order valence-corrected chi connectivity index (χ0v) is 12.6. The van der Waals surface area contributed by atoms with E-state index < -0.39 is 0 Å². The van der Waals surface area contributed by atoms with E-state index in [1.165, 1.54) is 16.8 Å². The van der Waals surface area contributed by atoms with E-state index in [-0.39, 0.29) is 0 Å². The van der Waals surface area contributed by atoms with Crippen molar-refractivity contribution in [2.75, 3.05) is 13.1 Å². The van der Waals surface area contributed by atoms with Gasteiger partial charge in [0.1, 0.15) is 0 Å². The number of nitrogens with zero attached hydrogens (tertiary/aromatic N) is 3. The van der Waals surface area contributed by atoms with Crippen molar-refractivity contribution in [3.05, 3.63) is 47.2 Å². The van der Waals surface area contributed by atoms with Gasteiger partial charge in [0.2, 0.25) is 0 Å². The fourth-order valence-electron chi connectivity index (χ4n) is 3.12. The minimum absolute atomic E-state index is 0.676. The zero-order valence-electron chi connectivity index (χ0n) is 12.6. The molecule has 21 heavy (non-hydrogen) atoms. The van der Waals surface area contributed by atoms with Crippen molar-refractivity contribution in [1.29, 1.82) is 5.26 Å². The molecular formula is C18H19N3. The van der Waals surface area contributed by atoms with Crippen LogP contribution in [-0.2, 0) is 13.0 Å². The minimum atomic E-state index is 0.676. The highest BCUT2D eigenvalue weighted by atomic mass is 15.1. The molecule has 0 amide bonds. The Labute approximate surface area is 125 Å². The maximum atomic E-state index is 9.14. The van der Waals surface area contributed by atoms with Crippen LogP contribution in [0.3, 0.4) is 0 Å². The standard InChI is InChI=1S/C18H19N3/c1-4-21-8-7-17-15(11-21)18(12(2)3)14-9-13(10-19)5-6-16(14)20-17/h5-6,9H,2,4,7-8,11H2,1,3H3. The molecule has 2 aromatic rings. The molecule has 2 heterocycles. The third-order valence-corrected chi connectivity index (χ3v) is 4.22. The van der Waals surface area contributed by atoms with Crippen molar-refractivity contribution >= 4 is 16.5 Å². The Morgan fingerprint density at radius 1 is 1.48 bits per heavy atom. The molecule has 0 atom stereocenters. The largest absolute Gasteiger partial charge is 0.299 e. The van der Waals surface area contributed by atoms with Crippen LogP contribution in [0.15, 0.2) is 24.8 Å². The van der Waals surface area contributed by atoms with Crippen LogP contribution in [0.25, 0.3) is 16.5 Å². The van der Waals surface area contributed by atoms with E-state index in [2.05, 4.69) is 24.5 Å². The van der Waals surface area contributed by atoms with Gasteiger partial charge in [-0.25, -0.2) is 0 Å². The van der Waals surface area contributed by atoms with Crippen molar-refractivity contribution < 1.29 is 0 Å². The van der Waals surface area contributed by atoms with Crippen molar-refractivity contribution in [2.24, 2.45) is 0 Å². The summed E-state index contributed by atoms with van der Waals surface area (Å²) in [5.41, 5.74) is 6.36. The Hall–Kier alpha value is -2.18. The van der Waals surface area contributed by atoms with Gasteiger partial charge in [0, 0.05) is 30.6 Å². The van der Waals surface area contributed by atoms with Gasteiger partial charge in [-0.1, -0.05) is 13.5 Å². The number of hydrogen-bond donors (Lipinski definition) is 0. The molecule has 0 saturated heterocycles. The Bertz CT molecular complexity index is 768. The highest BCUT2D eigenvalue weighted by Crippen LogP contribution is 2.32. The first-order valence-corrected chi connectivity index (χ1v) is 7.38. The SMILES string of the molecule is C=C(C)c1c2c(nc3ccc(C#N)cc13)CCN(CC)C2. The summed E-state index contributed by atoms with van der Waals surface area (Å²) in [6.07, 6.45) is 0.986. The van der Waals surface area contributed by atoms with Gasteiger partial charge in [-0.3, -0.25) is 9.88 Å². The second-order valence-corrected chi connectivity index (χ2v) is 5.65. The monoisotopic (exact) mass is 277 g/mol. The van der Waals surface area contributed by atoms with Crippen LogP contribution in [0.5, 0.6) is 0 Å². The maximum Gasteiger partial charge on any atom is 0.0991 e. The molecule has 1 aromatic heterocycles. The molecule has 3 nitrogen and oxygen atoms in total. The fourth-order valence-corrected chi connectivity index (χ4v) is 3.12. The van der Waals surface area contributed by atoms with Gasteiger partial charge in [0.05, 0.1) is 17.1 Å². The zero-order chi connectivity index (χ0) is 15.0. The average Bonchev–Trinajstić information content (AvgIpc) is 2.51. The molecule has 3 rings (SSSR count). The molecule has 1 aromatic carbocycles. The first kappa shape index (κ1) is 13.8. The number of rotatable bonds is 2. The lowest BCUT2D eigenvalue weighted by Crippen LogP contribution is -2.31. The third-order valence-electron chi connectivity index (χ3n) is 4.22. The number of aromatic nitrogens is 1. The van der Waals surface area contributed by atoms with Crippen LogP contribution < -0.4 is 0 Å². The van der Waals surface area contributed by atoms with E-state index in [1.54, 1.807) is 0 Å². The van der Waals surface area contributed by atoms with E-state index in [0.29, 0.717) is 5.56 Å². The Morgan fingerprint density at radius 2 is 2.29 bits per heavy atom. The summed E-state index contributed by atoms with van der Waals surface area (Å²) in [5.74, 6) is 0. The van der Waals surface area contributed by atoms with Gasteiger partial charge in [-0.2, -0.15) is 5.26 Å². The van der Waals surface area contributed by atoms with Crippen molar-refractivity contribution in [3.8, 4) is 6.07 Å². The highest BCUT2D eigenvalue weighted by Gasteiger charge is 2.22. The summed E-state index contributed by atoms with van der Waals surface area (Å²) in [6, 6.07) is 7.95. The van der Waals surface area contributed by atoms with Gasteiger partial charge in [-0.15, -0.1) is 0 Å². The van der Waals surface area contributed by atoms with Crippen LogP contribution in [0.2, 0.25) is 0 Å². The number of fused-ring (bicyclic) bond motifs is 2. The number of hydrogen-bond acceptors (Lipinski definition) is 3. The van der Waals surface area contributed by atoms with E-state index in [4.69, 9.17) is 10.2 Å². The van der Waals surface area contributed by atoms with Gasteiger partial charge >= 0.3 is 0 Å². The Morgan fingerprint density at radius 3 is 2.95 bits per heavy atom. The molecule has 1 aliphatic rings. The number of likely N-dealkylation sites (N-methyl/N-ethyl adjacent to an activating group) is 1. The van der Waals surface area contributed by atoms with Crippen molar-refractivity contribution in [2.45, 2.75) is 26.8 Å². The first-order chi connectivity index (χ1) is 10.1. The van der Waals surface area contributed by atoms with E-state index in [9.17, 15) is 0 Å². The molecule has 1 aliphatic heterocycles. The lowest BCUT2D eigenvalue weighted by Gasteiger charge is -2.29. The van der Waals surface area contributed by atoms with E-state index in [1.807, 2.05) is 25.1 Å². The van der Waals surface area contributed by atoms with Crippen molar-refractivity contribution in [1.82, 2.24) is 9.88 Å². The number of nitriles is 1. The molecule has 0 radical (unpaired) electrons. The Kier molecular flexibility index (Phi) is 3.48. The Balaban J connectivity index is 2.31. The molecule has 0 bridgehead atoms. The molecular weight excluding hydrogens is 258 g/mol. The summed E-state index contributed by atoms with van der Waals surface area (Å²) in [7, 11) is 0. The average molecular weight is 277 g/mol. The smallest absolute Gasteiger partial charge is 0.0991 e. The number of allylic oxidation sites excluding steroid dienone is 1. The maximum absolute atomic E-state index is 9.14. The third kappa shape index (κ3) is 2.32. The molecule has 106 valence electrons. The quantitative estimate of drug-likeness (QED) is 0.843. The van der Waals surface area contributed by atoms with Crippen LogP contribution in [0.4, 0.5) is 0 Å². The van der Waals surface area contributed by atoms with Crippen LogP contribution >= 0.6 is 0 Å². The van der Waals surface area contributed by atoms with E-state index in [0.717, 1.165) is 42.5 Å². The number of benzene rings is 1. The van der Waals surface area contributed by atoms with Gasteiger partial charge in [-0.05, 0) is 48.4 Å². The second kappa shape index (κ2) is 5.31. The summed E-state index contributed by atoms with van der Waals surface area (Å²) in [4.78, 5) is 7.25. The molecule has 3 heteroatoms. The van der Waals surface area contributed by atoms with Gasteiger partial charge < -0.3 is 0 Å². The lowest BCUT2D eigenvalue weighted by atomic mass is 9.91. The van der Waals surface area contributed by atoms with Gasteiger partial charge in [0.25, 0.3) is 0 Å². The summed E-state index contributed by atoms with van der Waals surface area (Å²) in [5, 5.41) is 10.2. The summed E-state index contributed by atoms with van der Waals surface area (Å²) < 4.78 is 0. The van der Waals surface area contributed by atoms with E-state index >= 15 is 0 Å². The molecule has 0 saturated carbocycles. The molecule has 0 aliphatic carbocycles.